The Morgan fingerprint density at radius 3 is 2.42 bits per heavy atom. The first-order valence-corrected chi connectivity index (χ1v) is 13.9. The first-order chi connectivity index (χ1) is 17.5. The lowest BCUT2D eigenvalue weighted by Gasteiger charge is -2.40. The maximum absolute atomic E-state index is 13.3. The van der Waals surface area contributed by atoms with Crippen LogP contribution in [0.5, 0.6) is 5.75 Å². The highest BCUT2D eigenvalue weighted by molar-refractivity contribution is 5.74. The first kappa shape index (κ1) is 25.1. The summed E-state index contributed by atoms with van der Waals surface area (Å²) < 4.78 is 13.2. The van der Waals surface area contributed by atoms with Crippen molar-refractivity contribution >= 4 is 6.03 Å². The summed E-state index contributed by atoms with van der Waals surface area (Å²) in [6, 6.07) is 15.2. The number of carbonyl (C=O) groups excluding carboxylic acids is 1. The fourth-order valence-electron chi connectivity index (χ4n) is 6.78. The molecule has 2 aromatic carbocycles. The number of rotatable bonds is 8. The lowest BCUT2D eigenvalue weighted by Crippen LogP contribution is -2.49. The van der Waals surface area contributed by atoms with Crippen molar-refractivity contribution in [2.45, 2.75) is 82.3 Å². The maximum atomic E-state index is 13.3. The SMILES string of the molecule is O=C(NCc1ccc(F)cc1)N(CCN1[C@@H]2CC[C@H]1CC(c1cccc(O)c1)C2)CC1CCCCC1. The number of piperidine rings is 1. The highest BCUT2D eigenvalue weighted by Gasteiger charge is 2.41. The molecule has 3 fully saturated rings. The van der Waals surface area contributed by atoms with E-state index >= 15 is 0 Å². The standard InChI is InChI=1S/C30H40FN3O2/c31-26-11-9-22(10-12-26)20-32-30(36)33(21-23-5-2-1-3-6-23)15-16-34-27-13-14-28(34)18-25(17-27)24-7-4-8-29(35)19-24/h4,7-12,19,23,25,27-28,35H,1-3,5-6,13-18,20-21H2,(H,32,36)/t25?,27-,28+. The molecule has 0 aromatic heterocycles. The predicted molar refractivity (Wildman–Crippen MR) is 140 cm³/mol. The van der Waals surface area contributed by atoms with Crippen molar-refractivity contribution in [3.05, 3.63) is 65.5 Å². The number of nitrogens with zero attached hydrogens (tertiary/aromatic N) is 2. The molecule has 0 radical (unpaired) electrons. The number of hydrogen-bond donors (Lipinski definition) is 2. The number of halogens is 1. The Labute approximate surface area is 214 Å². The molecule has 2 N–H and O–H groups in total. The van der Waals surface area contributed by atoms with Crippen LogP contribution < -0.4 is 5.32 Å². The van der Waals surface area contributed by atoms with Crippen LogP contribution in [0.15, 0.2) is 48.5 Å². The van der Waals surface area contributed by atoms with Crippen molar-refractivity contribution in [3.63, 3.8) is 0 Å². The van der Waals surface area contributed by atoms with Gasteiger partial charge >= 0.3 is 6.03 Å². The molecule has 0 spiro atoms. The van der Waals surface area contributed by atoms with E-state index in [1.165, 1.54) is 62.6 Å². The second-order valence-electron chi connectivity index (χ2n) is 11.1. The average molecular weight is 494 g/mol. The van der Waals surface area contributed by atoms with Crippen LogP contribution in [-0.4, -0.2) is 52.7 Å². The third-order valence-corrected chi connectivity index (χ3v) is 8.70. The smallest absolute Gasteiger partial charge is 0.317 e. The van der Waals surface area contributed by atoms with E-state index in [4.69, 9.17) is 0 Å². The largest absolute Gasteiger partial charge is 0.508 e. The molecule has 2 bridgehead atoms. The number of fused-ring (bicyclic) bond motifs is 2. The van der Waals surface area contributed by atoms with E-state index in [2.05, 4.69) is 16.3 Å². The second kappa shape index (κ2) is 11.6. The van der Waals surface area contributed by atoms with E-state index in [-0.39, 0.29) is 11.8 Å². The fourth-order valence-corrected chi connectivity index (χ4v) is 6.78. The third kappa shape index (κ3) is 6.20. The number of phenols is 1. The number of carbonyl (C=O) groups is 1. The fraction of sp³-hybridized carbons (Fsp3) is 0.567. The van der Waals surface area contributed by atoms with Crippen LogP contribution in [0.25, 0.3) is 0 Å². The maximum Gasteiger partial charge on any atom is 0.317 e. The summed E-state index contributed by atoms with van der Waals surface area (Å²) in [6.07, 6.45) is 11.0. The van der Waals surface area contributed by atoms with E-state index in [9.17, 15) is 14.3 Å². The van der Waals surface area contributed by atoms with Gasteiger partial charge in [0.1, 0.15) is 11.6 Å². The molecule has 2 aromatic rings. The Morgan fingerprint density at radius 1 is 1.00 bits per heavy atom. The first-order valence-electron chi connectivity index (χ1n) is 13.9. The van der Waals surface area contributed by atoms with Crippen LogP contribution in [0, 0.1) is 11.7 Å². The average Bonchev–Trinajstić information content (AvgIpc) is 3.12. The van der Waals surface area contributed by atoms with Crippen molar-refractivity contribution in [2.75, 3.05) is 19.6 Å². The molecule has 5 nitrogen and oxygen atoms in total. The number of phenolic OH excluding ortho intramolecular Hbond substituents is 1. The second-order valence-corrected chi connectivity index (χ2v) is 11.1. The van der Waals surface area contributed by atoms with Crippen LogP contribution in [0.4, 0.5) is 9.18 Å². The summed E-state index contributed by atoms with van der Waals surface area (Å²) in [6.45, 7) is 2.90. The Hall–Kier alpha value is -2.60. The van der Waals surface area contributed by atoms with Gasteiger partial charge in [-0.25, -0.2) is 9.18 Å². The molecule has 2 saturated heterocycles. The Balaban J connectivity index is 1.19. The van der Waals surface area contributed by atoms with Gasteiger partial charge in [-0.2, -0.15) is 0 Å². The van der Waals surface area contributed by atoms with Crippen LogP contribution >= 0.6 is 0 Å². The minimum Gasteiger partial charge on any atom is -0.508 e. The zero-order valence-corrected chi connectivity index (χ0v) is 21.2. The summed E-state index contributed by atoms with van der Waals surface area (Å²) in [7, 11) is 0. The van der Waals surface area contributed by atoms with Gasteiger partial charge in [0.2, 0.25) is 0 Å². The van der Waals surface area contributed by atoms with Gasteiger partial charge in [0.05, 0.1) is 0 Å². The molecule has 6 heteroatoms. The summed E-state index contributed by atoms with van der Waals surface area (Å²) in [5.41, 5.74) is 2.17. The minimum absolute atomic E-state index is 0.00751. The van der Waals surface area contributed by atoms with E-state index < -0.39 is 0 Å². The number of amides is 2. The molecular weight excluding hydrogens is 453 g/mol. The summed E-state index contributed by atoms with van der Waals surface area (Å²) >= 11 is 0. The van der Waals surface area contributed by atoms with Gasteiger partial charge in [0, 0.05) is 38.3 Å². The zero-order chi connectivity index (χ0) is 24.9. The lowest BCUT2D eigenvalue weighted by molar-refractivity contribution is 0.106. The van der Waals surface area contributed by atoms with Gasteiger partial charge in [-0.05, 0) is 85.8 Å². The summed E-state index contributed by atoms with van der Waals surface area (Å²) in [5.74, 6) is 1.19. The van der Waals surface area contributed by atoms with Crippen LogP contribution in [0.1, 0.15) is 74.8 Å². The summed E-state index contributed by atoms with van der Waals surface area (Å²) in [4.78, 5) is 18.0. The molecule has 2 heterocycles. The normalized spacial score (nSPS) is 24.5. The lowest BCUT2D eigenvalue weighted by atomic mass is 9.85. The molecular formula is C30H40FN3O2. The molecule has 36 heavy (non-hydrogen) atoms. The van der Waals surface area contributed by atoms with Crippen LogP contribution in [0.2, 0.25) is 0 Å². The minimum atomic E-state index is -0.258. The van der Waals surface area contributed by atoms with Gasteiger partial charge in [0.25, 0.3) is 0 Å². The number of urea groups is 1. The number of benzene rings is 2. The topological polar surface area (TPSA) is 55.8 Å². The Morgan fingerprint density at radius 2 is 1.72 bits per heavy atom. The highest BCUT2D eigenvalue weighted by Crippen LogP contribution is 2.43. The summed E-state index contributed by atoms with van der Waals surface area (Å²) in [5, 5.41) is 13.0. The van der Waals surface area contributed by atoms with Crippen molar-refractivity contribution in [2.24, 2.45) is 5.92 Å². The molecule has 1 unspecified atom stereocenters. The van der Waals surface area contributed by atoms with Crippen molar-refractivity contribution < 1.29 is 14.3 Å². The van der Waals surface area contributed by atoms with E-state index in [0.717, 1.165) is 38.0 Å². The van der Waals surface area contributed by atoms with Gasteiger partial charge in [0.15, 0.2) is 0 Å². The van der Waals surface area contributed by atoms with Gasteiger partial charge in [-0.3, -0.25) is 4.90 Å². The molecule has 194 valence electrons. The molecule has 3 aliphatic rings. The van der Waals surface area contributed by atoms with E-state index in [0.29, 0.717) is 36.2 Å². The van der Waals surface area contributed by atoms with Crippen molar-refractivity contribution in [1.29, 1.82) is 0 Å². The van der Waals surface area contributed by atoms with Crippen LogP contribution in [-0.2, 0) is 6.54 Å². The van der Waals surface area contributed by atoms with Crippen LogP contribution in [0.3, 0.4) is 0 Å². The Bertz CT molecular complexity index is 994. The molecule has 1 saturated carbocycles. The zero-order valence-electron chi connectivity index (χ0n) is 21.2. The van der Waals surface area contributed by atoms with Gasteiger partial charge < -0.3 is 15.3 Å². The van der Waals surface area contributed by atoms with Gasteiger partial charge in [-0.15, -0.1) is 0 Å². The number of hydrogen-bond acceptors (Lipinski definition) is 3. The number of nitrogens with one attached hydrogen (secondary N) is 1. The quantitative estimate of drug-likeness (QED) is 0.472. The Kier molecular flexibility index (Phi) is 8.10. The molecule has 3 atom stereocenters. The van der Waals surface area contributed by atoms with E-state index in [1.54, 1.807) is 18.2 Å². The highest BCUT2D eigenvalue weighted by atomic mass is 19.1. The third-order valence-electron chi connectivity index (χ3n) is 8.70. The predicted octanol–water partition coefficient (Wildman–Crippen LogP) is 6.03. The molecule has 5 rings (SSSR count). The van der Waals surface area contributed by atoms with Crippen molar-refractivity contribution in [1.82, 2.24) is 15.1 Å². The molecule has 2 amide bonds. The van der Waals surface area contributed by atoms with Crippen molar-refractivity contribution in [3.8, 4) is 5.75 Å². The monoisotopic (exact) mass is 493 g/mol. The van der Waals surface area contributed by atoms with E-state index in [1.807, 2.05) is 17.0 Å². The molecule has 2 aliphatic heterocycles. The molecule has 1 aliphatic carbocycles. The number of aromatic hydroxyl groups is 1. The van der Waals surface area contributed by atoms with Gasteiger partial charge in [-0.1, -0.05) is 43.5 Å².